The van der Waals surface area contributed by atoms with Crippen molar-refractivity contribution < 1.29 is 4.42 Å². The minimum absolute atomic E-state index is 0.0598. The van der Waals surface area contributed by atoms with E-state index in [1.54, 1.807) is 0 Å². The van der Waals surface area contributed by atoms with Gasteiger partial charge >= 0.3 is 0 Å². The molecule has 150 valence electrons. The molecule has 2 aliphatic carbocycles. The summed E-state index contributed by atoms with van der Waals surface area (Å²) < 4.78 is 6.37. The van der Waals surface area contributed by atoms with Crippen molar-refractivity contribution in [3.8, 4) is 33.4 Å². The van der Waals surface area contributed by atoms with Crippen molar-refractivity contribution in [2.75, 3.05) is 0 Å². The second-order valence-electron chi connectivity index (χ2n) is 9.74. The number of benzene rings is 5. The molecule has 1 heteroatoms. The smallest absolute Gasteiger partial charge is 0.136 e. The predicted molar refractivity (Wildman–Crippen MR) is 133 cm³/mol. The summed E-state index contributed by atoms with van der Waals surface area (Å²) >= 11 is 0. The molecule has 0 radical (unpaired) electrons. The molecule has 0 spiro atoms. The van der Waals surface area contributed by atoms with Gasteiger partial charge < -0.3 is 4.42 Å². The summed E-state index contributed by atoms with van der Waals surface area (Å²) in [5.41, 5.74) is 12.7. The molecule has 0 saturated heterocycles. The van der Waals surface area contributed by atoms with Gasteiger partial charge in [0.2, 0.25) is 0 Å². The lowest BCUT2D eigenvalue weighted by molar-refractivity contribution is 0.661. The number of hydrogen-bond acceptors (Lipinski definition) is 1. The molecule has 0 amide bonds. The zero-order valence-corrected chi connectivity index (χ0v) is 18.0. The lowest BCUT2D eigenvalue weighted by Gasteiger charge is -2.23. The SMILES string of the molecule is CC1(C)c2cc(-c3ccccc3)cc3c2-c2c1ccc1ccc4oc5cccc-3c5c4c21. The third-order valence-corrected chi connectivity index (χ3v) is 7.78. The van der Waals surface area contributed by atoms with Gasteiger partial charge in [-0.3, -0.25) is 0 Å². The maximum atomic E-state index is 6.37. The summed E-state index contributed by atoms with van der Waals surface area (Å²) in [5, 5.41) is 5.16. The lowest BCUT2D eigenvalue weighted by Crippen LogP contribution is -2.15. The fraction of sp³-hybridized carbons (Fsp3) is 0.0968. The van der Waals surface area contributed by atoms with E-state index in [1.165, 1.54) is 66.1 Å². The highest BCUT2D eigenvalue weighted by molar-refractivity contribution is 6.30. The minimum Gasteiger partial charge on any atom is -0.456 e. The standard InChI is InChI=1S/C31H20O/c1-31(2)22-13-11-18-12-14-25-30-26(18)29(22)27-21(20-9-6-10-24(32-25)28(20)30)15-19(16-23(27)31)17-7-4-3-5-8-17/h3-16H,1-2H3. The van der Waals surface area contributed by atoms with Crippen LogP contribution in [0.3, 0.4) is 0 Å². The Bertz CT molecular complexity index is 1780. The molecule has 1 nitrogen and oxygen atoms in total. The van der Waals surface area contributed by atoms with Gasteiger partial charge in [-0.15, -0.1) is 0 Å². The first kappa shape index (κ1) is 16.8. The normalized spacial score (nSPS) is 14.8. The van der Waals surface area contributed by atoms with Crippen molar-refractivity contribution in [3.05, 3.63) is 96.1 Å². The van der Waals surface area contributed by atoms with Crippen molar-refractivity contribution in [3.63, 3.8) is 0 Å². The zero-order valence-electron chi connectivity index (χ0n) is 18.0. The monoisotopic (exact) mass is 408 g/mol. The molecule has 0 N–H and O–H groups in total. The first-order valence-electron chi connectivity index (χ1n) is 11.3. The van der Waals surface area contributed by atoms with E-state index in [-0.39, 0.29) is 5.41 Å². The first-order chi connectivity index (χ1) is 15.6. The fourth-order valence-corrected chi connectivity index (χ4v) is 6.29. The van der Waals surface area contributed by atoms with Crippen LogP contribution in [0.1, 0.15) is 25.0 Å². The van der Waals surface area contributed by atoms with Crippen LogP contribution in [-0.2, 0) is 5.41 Å². The molecule has 5 aromatic carbocycles. The van der Waals surface area contributed by atoms with Gasteiger partial charge in [-0.05, 0) is 74.2 Å². The molecule has 0 saturated carbocycles. The molecule has 32 heavy (non-hydrogen) atoms. The Labute approximate surface area is 185 Å². The van der Waals surface area contributed by atoms with Gasteiger partial charge in [-0.25, -0.2) is 0 Å². The van der Waals surface area contributed by atoms with Crippen molar-refractivity contribution in [1.82, 2.24) is 0 Å². The molecule has 8 rings (SSSR count). The quantitative estimate of drug-likeness (QED) is 0.265. The van der Waals surface area contributed by atoms with Crippen LogP contribution in [0.2, 0.25) is 0 Å². The van der Waals surface area contributed by atoms with E-state index >= 15 is 0 Å². The number of fused-ring (bicyclic) bond motifs is 1. The maximum absolute atomic E-state index is 6.37. The summed E-state index contributed by atoms with van der Waals surface area (Å²) in [6, 6.07) is 31.1. The van der Waals surface area contributed by atoms with Crippen molar-refractivity contribution >= 4 is 32.7 Å². The van der Waals surface area contributed by atoms with E-state index in [9.17, 15) is 0 Å². The lowest BCUT2D eigenvalue weighted by atomic mass is 9.80. The Hall–Kier alpha value is -3.84. The second-order valence-corrected chi connectivity index (χ2v) is 9.74. The molecule has 1 heterocycles. The summed E-state index contributed by atoms with van der Waals surface area (Å²) in [5.74, 6) is 0. The van der Waals surface area contributed by atoms with E-state index in [1.807, 2.05) is 0 Å². The zero-order chi connectivity index (χ0) is 21.2. The second kappa shape index (κ2) is 5.31. The molecule has 2 aliphatic rings. The van der Waals surface area contributed by atoms with Crippen LogP contribution in [0.4, 0.5) is 0 Å². The average molecular weight is 409 g/mol. The van der Waals surface area contributed by atoms with E-state index < -0.39 is 0 Å². The summed E-state index contributed by atoms with van der Waals surface area (Å²) in [7, 11) is 0. The summed E-state index contributed by atoms with van der Waals surface area (Å²) in [6.07, 6.45) is 0. The van der Waals surface area contributed by atoms with E-state index in [0.717, 1.165) is 11.2 Å². The predicted octanol–water partition coefficient (Wildman–Crippen LogP) is 8.69. The molecule has 1 aromatic heterocycles. The number of furan rings is 1. The van der Waals surface area contributed by atoms with Crippen LogP contribution in [0, 0.1) is 0 Å². The van der Waals surface area contributed by atoms with Gasteiger partial charge in [0.25, 0.3) is 0 Å². The average Bonchev–Trinajstić information content (AvgIpc) is 3.27. The first-order valence-corrected chi connectivity index (χ1v) is 11.3. The van der Waals surface area contributed by atoms with E-state index in [2.05, 4.69) is 98.8 Å². The summed E-state index contributed by atoms with van der Waals surface area (Å²) in [4.78, 5) is 0. The highest BCUT2D eigenvalue weighted by Gasteiger charge is 2.40. The molecular weight excluding hydrogens is 388 g/mol. The molecular formula is C31H20O. The largest absolute Gasteiger partial charge is 0.456 e. The van der Waals surface area contributed by atoms with Gasteiger partial charge in [0.1, 0.15) is 11.2 Å². The van der Waals surface area contributed by atoms with Crippen LogP contribution in [0.25, 0.3) is 66.1 Å². The molecule has 0 bridgehead atoms. The van der Waals surface area contributed by atoms with Gasteiger partial charge in [0, 0.05) is 21.6 Å². The van der Waals surface area contributed by atoms with Crippen LogP contribution < -0.4 is 0 Å². The van der Waals surface area contributed by atoms with Gasteiger partial charge in [-0.2, -0.15) is 0 Å². The molecule has 0 unspecified atom stereocenters. The van der Waals surface area contributed by atoms with Crippen molar-refractivity contribution in [1.29, 1.82) is 0 Å². The molecule has 0 fully saturated rings. The summed E-state index contributed by atoms with van der Waals surface area (Å²) in [6.45, 7) is 4.75. The molecule has 0 atom stereocenters. The van der Waals surface area contributed by atoms with Crippen LogP contribution >= 0.6 is 0 Å². The highest BCUT2D eigenvalue weighted by atomic mass is 16.3. The van der Waals surface area contributed by atoms with Crippen LogP contribution in [-0.4, -0.2) is 0 Å². The van der Waals surface area contributed by atoms with Gasteiger partial charge in [0.05, 0.1) is 0 Å². The Kier molecular flexibility index (Phi) is 2.79. The van der Waals surface area contributed by atoms with Gasteiger partial charge in [0.15, 0.2) is 0 Å². The maximum Gasteiger partial charge on any atom is 0.136 e. The highest BCUT2D eigenvalue weighted by Crippen LogP contribution is 2.59. The molecule has 0 aliphatic heterocycles. The van der Waals surface area contributed by atoms with Gasteiger partial charge in [-0.1, -0.05) is 74.5 Å². The minimum atomic E-state index is -0.0598. The van der Waals surface area contributed by atoms with Crippen LogP contribution in [0.15, 0.2) is 89.3 Å². The topological polar surface area (TPSA) is 13.1 Å². The van der Waals surface area contributed by atoms with E-state index in [4.69, 9.17) is 4.42 Å². The Morgan fingerprint density at radius 2 is 1.38 bits per heavy atom. The van der Waals surface area contributed by atoms with Crippen molar-refractivity contribution in [2.45, 2.75) is 19.3 Å². The number of rotatable bonds is 1. The Morgan fingerprint density at radius 3 is 2.25 bits per heavy atom. The molecule has 6 aromatic rings. The fourth-order valence-electron chi connectivity index (χ4n) is 6.29. The Balaban J connectivity index is 1.68. The number of hydrogen-bond donors (Lipinski definition) is 0. The van der Waals surface area contributed by atoms with E-state index in [0.29, 0.717) is 0 Å². The third-order valence-electron chi connectivity index (χ3n) is 7.78. The van der Waals surface area contributed by atoms with Crippen LogP contribution in [0.5, 0.6) is 0 Å². The Morgan fingerprint density at radius 1 is 0.562 bits per heavy atom. The third kappa shape index (κ3) is 1.79. The van der Waals surface area contributed by atoms with Crippen molar-refractivity contribution in [2.24, 2.45) is 0 Å².